The normalized spacial score (nSPS) is 51.3. The summed E-state index contributed by atoms with van der Waals surface area (Å²) >= 11 is 0. The molecule has 0 aromatic heterocycles. The fourth-order valence-corrected chi connectivity index (χ4v) is 3.08. The molecule has 1 aliphatic heterocycles. The van der Waals surface area contributed by atoms with Crippen LogP contribution in [-0.4, -0.2) is 11.9 Å². The molecule has 0 N–H and O–H groups in total. The minimum absolute atomic E-state index is 0.113. The van der Waals surface area contributed by atoms with E-state index in [-0.39, 0.29) is 35.1 Å². The van der Waals surface area contributed by atoms with Gasteiger partial charge in [0.1, 0.15) is 0 Å². The minimum Gasteiger partial charge on any atom is -0.393 e. The second kappa shape index (κ2) is 1.86. The second-order valence-corrected chi connectivity index (χ2v) is 4.48. The lowest BCUT2D eigenvalue weighted by atomic mass is 9.76. The van der Waals surface area contributed by atoms with Gasteiger partial charge in [-0.1, -0.05) is 19.1 Å². The minimum atomic E-state index is -0.315. The van der Waals surface area contributed by atoms with Crippen LogP contribution in [0.25, 0.3) is 0 Å². The molecule has 4 atom stereocenters. The smallest absolute Gasteiger partial charge is 0.318 e. The molecule has 2 fully saturated rings. The second-order valence-electron chi connectivity index (χ2n) is 4.48. The highest BCUT2D eigenvalue weighted by Gasteiger charge is 2.63. The van der Waals surface area contributed by atoms with Crippen molar-refractivity contribution in [3.05, 3.63) is 12.2 Å². The van der Waals surface area contributed by atoms with Gasteiger partial charge < -0.3 is 4.74 Å². The molecule has 3 aliphatic rings. The molecule has 2 bridgehead atoms. The molecule has 0 unspecified atom stereocenters. The van der Waals surface area contributed by atoms with Crippen molar-refractivity contribution >= 4 is 11.9 Å². The largest absolute Gasteiger partial charge is 0.393 e. The van der Waals surface area contributed by atoms with Gasteiger partial charge in [-0.05, 0) is 12.3 Å². The van der Waals surface area contributed by atoms with Crippen LogP contribution in [0.15, 0.2) is 12.2 Å². The molecule has 0 aromatic carbocycles. The maximum atomic E-state index is 11.4. The average molecular weight is 178 g/mol. The summed E-state index contributed by atoms with van der Waals surface area (Å²) in [5, 5.41) is 0. The number of esters is 2. The van der Waals surface area contributed by atoms with Gasteiger partial charge in [0.05, 0.1) is 11.8 Å². The Balaban J connectivity index is 2.13. The lowest BCUT2D eigenvalue weighted by Gasteiger charge is -2.23. The summed E-state index contributed by atoms with van der Waals surface area (Å²) in [6.07, 6.45) is 5.06. The van der Waals surface area contributed by atoms with E-state index in [1.54, 1.807) is 0 Å². The Bertz CT molecular complexity index is 344. The first-order chi connectivity index (χ1) is 6.12. The van der Waals surface area contributed by atoms with Gasteiger partial charge in [0.15, 0.2) is 0 Å². The molecular formula is C10H10O3. The number of rotatable bonds is 0. The zero-order valence-electron chi connectivity index (χ0n) is 7.32. The molecule has 3 rings (SSSR count). The van der Waals surface area contributed by atoms with Crippen molar-refractivity contribution in [2.75, 3.05) is 0 Å². The Labute approximate surface area is 75.8 Å². The van der Waals surface area contributed by atoms with Crippen LogP contribution in [0.5, 0.6) is 0 Å². The molecule has 1 saturated heterocycles. The molecule has 3 heteroatoms. The predicted molar refractivity (Wildman–Crippen MR) is 43.4 cm³/mol. The molecule has 1 heterocycles. The van der Waals surface area contributed by atoms with Crippen LogP contribution in [0, 0.1) is 23.2 Å². The maximum absolute atomic E-state index is 11.4. The molecule has 0 amide bonds. The van der Waals surface area contributed by atoms with Crippen molar-refractivity contribution in [3.63, 3.8) is 0 Å². The Morgan fingerprint density at radius 2 is 2.23 bits per heavy atom. The van der Waals surface area contributed by atoms with Crippen LogP contribution in [0.4, 0.5) is 0 Å². The molecule has 13 heavy (non-hydrogen) atoms. The highest BCUT2D eigenvalue weighted by atomic mass is 16.6. The zero-order chi connectivity index (χ0) is 9.22. The molecule has 0 spiro atoms. The maximum Gasteiger partial charge on any atom is 0.318 e. The molecule has 3 nitrogen and oxygen atoms in total. The summed E-state index contributed by atoms with van der Waals surface area (Å²) in [6.45, 7) is 2.04. The van der Waals surface area contributed by atoms with Gasteiger partial charge in [0.25, 0.3) is 0 Å². The van der Waals surface area contributed by atoms with Gasteiger partial charge in [-0.25, -0.2) is 0 Å². The number of hydrogen-bond acceptors (Lipinski definition) is 3. The predicted octanol–water partition coefficient (Wildman–Crippen LogP) is 0.898. The summed E-state index contributed by atoms with van der Waals surface area (Å²) in [5.41, 5.74) is -0.113. The monoisotopic (exact) mass is 178 g/mol. The van der Waals surface area contributed by atoms with Crippen molar-refractivity contribution in [3.8, 4) is 0 Å². The Morgan fingerprint density at radius 3 is 2.92 bits per heavy atom. The van der Waals surface area contributed by atoms with E-state index in [0.29, 0.717) is 0 Å². The van der Waals surface area contributed by atoms with Gasteiger partial charge in [-0.15, -0.1) is 0 Å². The molecule has 68 valence electrons. The number of cyclic esters (lactones) is 2. The van der Waals surface area contributed by atoms with Crippen LogP contribution in [0.3, 0.4) is 0 Å². The summed E-state index contributed by atoms with van der Waals surface area (Å²) in [6, 6.07) is 0. The van der Waals surface area contributed by atoms with Gasteiger partial charge in [0.2, 0.25) is 0 Å². The van der Waals surface area contributed by atoms with Crippen molar-refractivity contribution in [1.29, 1.82) is 0 Å². The quantitative estimate of drug-likeness (QED) is 0.314. The highest BCUT2D eigenvalue weighted by Crippen LogP contribution is 2.59. The SMILES string of the molecule is C[C@@]12C=C[C@@H](C1)[C@@H]1C(=O)OC(=O)[C@H]12. The Morgan fingerprint density at radius 1 is 1.46 bits per heavy atom. The van der Waals surface area contributed by atoms with Crippen molar-refractivity contribution in [2.45, 2.75) is 13.3 Å². The van der Waals surface area contributed by atoms with E-state index >= 15 is 0 Å². The van der Waals surface area contributed by atoms with E-state index in [1.807, 2.05) is 6.92 Å². The van der Waals surface area contributed by atoms with E-state index in [2.05, 4.69) is 16.9 Å². The third-order valence-corrected chi connectivity index (χ3v) is 3.66. The lowest BCUT2D eigenvalue weighted by molar-refractivity contribution is -0.155. The molecule has 0 aromatic rings. The molecule has 2 aliphatic carbocycles. The number of ether oxygens (including phenoxy) is 1. The van der Waals surface area contributed by atoms with Crippen molar-refractivity contribution in [2.24, 2.45) is 23.2 Å². The Kier molecular flexibility index (Phi) is 1.05. The third-order valence-electron chi connectivity index (χ3n) is 3.66. The van der Waals surface area contributed by atoms with Crippen LogP contribution in [0.1, 0.15) is 13.3 Å². The van der Waals surface area contributed by atoms with Gasteiger partial charge in [-0.2, -0.15) is 0 Å². The number of hydrogen-bond donors (Lipinski definition) is 0. The van der Waals surface area contributed by atoms with E-state index in [1.165, 1.54) is 0 Å². The first-order valence-corrected chi connectivity index (χ1v) is 4.57. The van der Waals surface area contributed by atoms with E-state index in [0.717, 1.165) is 6.42 Å². The Hall–Kier alpha value is -1.12. The van der Waals surface area contributed by atoms with Crippen molar-refractivity contribution in [1.82, 2.24) is 0 Å². The highest BCUT2D eigenvalue weighted by molar-refractivity contribution is 5.98. The van der Waals surface area contributed by atoms with E-state index < -0.39 is 0 Å². The summed E-state index contributed by atoms with van der Waals surface area (Å²) in [7, 11) is 0. The standard InChI is InChI=1S/C10H10O3/c1-10-3-2-5(4-10)6-7(10)9(12)13-8(6)11/h2-3,5-7H,4H2,1H3/t5-,6-,7-,10+/m0/s1. The number of carbonyl (C=O) groups excluding carboxylic acids is 2. The zero-order valence-corrected chi connectivity index (χ0v) is 7.32. The number of fused-ring (bicyclic) bond motifs is 5. The molecule has 0 radical (unpaired) electrons. The first-order valence-electron chi connectivity index (χ1n) is 4.57. The van der Waals surface area contributed by atoms with Crippen molar-refractivity contribution < 1.29 is 14.3 Å². The average Bonchev–Trinajstić information content (AvgIpc) is 2.62. The third kappa shape index (κ3) is 0.666. The van der Waals surface area contributed by atoms with Gasteiger partial charge in [0, 0.05) is 5.41 Å². The summed E-state index contributed by atoms with van der Waals surface area (Å²) in [5.74, 6) is -0.760. The molecular weight excluding hydrogens is 168 g/mol. The van der Waals surface area contributed by atoms with Gasteiger partial charge in [-0.3, -0.25) is 9.59 Å². The van der Waals surface area contributed by atoms with Crippen LogP contribution < -0.4 is 0 Å². The van der Waals surface area contributed by atoms with E-state index in [9.17, 15) is 9.59 Å². The van der Waals surface area contributed by atoms with E-state index in [4.69, 9.17) is 0 Å². The van der Waals surface area contributed by atoms with Crippen LogP contribution >= 0.6 is 0 Å². The fraction of sp³-hybridized carbons (Fsp3) is 0.600. The summed E-state index contributed by atoms with van der Waals surface area (Å²) < 4.78 is 4.66. The van der Waals surface area contributed by atoms with Gasteiger partial charge >= 0.3 is 11.9 Å². The molecule has 1 saturated carbocycles. The topological polar surface area (TPSA) is 43.4 Å². The fourth-order valence-electron chi connectivity index (χ4n) is 3.08. The first kappa shape index (κ1) is 7.30. The summed E-state index contributed by atoms with van der Waals surface area (Å²) in [4.78, 5) is 22.7. The van der Waals surface area contributed by atoms with Crippen LogP contribution in [0.2, 0.25) is 0 Å². The number of carbonyl (C=O) groups is 2. The lowest BCUT2D eigenvalue weighted by Crippen LogP contribution is -2.28. The number of allylic oxidation sites excluding steroid dienone is 2. The van der Waals surface area contributed by atoms with Crippen LogP contribution in [-0.2, 0) is 14.3 Å².